The molecule has 5 heavy (non-hydrogen) atoms. The van der Waals surface area contributed by atoms with Gasteiger partial charge in [0.15, 0.2) is 0 Å². The predicted octanol–water partition coefficient (Wildman–Crippen LogP) is -0.856. The van der Waals surface area contributed by atoms with Crippen LogP contribution in [0.1, 0.15) is 13.8 Å². The first-order valence-corrected chi connectivity index (χ1v) is 1.20. The van der Waals surface area contributed by atoms with E-state index in [0.29, 0.717) is 0 Å². The molecule has 0 rings (SSSR count). The molecule has 0 radical (unpaired) electrons. The summed E-state index contributed by atoms with van der Waals surface area (Å²) in [6, 6.07) is 0. The Labute approximate surface area is 42.7 Å². The molecule has 0 heterocycles. The van der Waals surface area contributed by atoms with Gasteiger partial charge in [0.2, 0.25) is 0 Å². The van der Waals surface area contributed by atoms with Crippen molar-refractivity contribution in [3.63, 3.8) is 0 Å². The molecule has 0 aliphatic carbocycles. The summed E-state index contributed by atoms with van der Waals surface area (Å²) in [5.41, 5.74) is 0. The quantitative estimate of drug-likeness (QED) is 0.395. The second-order valence-electron chi connectivity index (χ2n) is 0.908. The molecule has 0 fully saturated rings. The minimum absolute atomic E-state index is 0. The molecule has 0 N–H and O–H groups in total. The van der Waals surface area contributed by atoms with E-state index in [4.69, 9.17) is 0 Å². The first-order valence-electron chi connectivity index (χ1n) is 1.20. The predicted molar refractivity (Wildman–Crippen MR) is 27.7 cm³/mol. The van der Waals surface area contributed by atoms with Crippen LogP contribution in [0.15, 0.2) is 0 Å². The molecule has 0 bridgehead atoms. The van der Waals surface area contributed by atoms with E-state index in [2.05, 4.69) is 0 Å². The Hall–Kier alpha value is 0.213. The fourth-order valence-electron chi connectivity index (χ4n) is 0. The number of hydrogen-bond donors (Lipinski definition) is 0. The first kappa shape index (κ1) is 8.96. The zero-order chi connectivity index (χ0) is 3.58. The van der Waals surface area contributed by atoms with Crippen molar-refractivity contribution in [2.45, 2.75) is 13.8 Å². The molecule has 0 spiro atoms. The number of hydrogen-bond acceptors (Lipinski definition) is 1. The van der Waals surface area contributed by atoms with E-state index >= 15 is 0 Å². The van der Waals surface area contributed by atoms with Gasteiger partial charge in [-0.05, 0) is 13.8 Å². The summed E-state index contributed by atoms with van der Waals surface area (Å²) in [4.78, 5) is 9.44. The van der Waals surface area contributed by atoms with Gasteiger partial charge in [0.1, 0.15) is 5.78 Å². The van der Waals surface area contributed by atoms with Gasteiger partial charge in [0.05, 0.1) is 0 Å². The van der Waals surface area contributed by atoms with Gasteiger partial charge in [-0.15, -0.1) is 0 Å². The van der Waals surface area contributed by atoms with E-state index in [1.165, 1.54) is 13.8 Å². The van der Waals surface area contributed by atoms with Crippen molar-refractivity contribution in [1.29, 1.82) is 0 Å². The summed E-state index contributed by atoms with van der Waals surface area (Å²) >= 11 is 0. The van der Waals surface area contributed by atoms with Crippen LogP contribution >= 0.6 is 0 Å². The van der Waals surface area contributed by atoms with Crippen LogP contribution in [0.3, 0.4) is 0 Å². The summed E-state index contributed by atoms with van der Waals surface area (Å²) in [5.74, 6) is 0.167. The van der Waals surface area contributed by atoms with Crippen LogP contribution in [0.5, 0.6) is 0 Å². The topological polar surface area (TPSA) is 17.1 Å². The Morgan fingerprint density at radius 2 is 1.40 bits per heavy atom. The summed E-state index contributed by atoms with van der Waals surface area (Å²) < 4.78 is 0. The Bertz CT molecular complexity index is 29.9. The monoisotopic (exact) mass is 136 g/mol. The van der Waals surface area contributed by atoms with Crippen LogP contribution in [0.4, 0.5) is 0 Å². The van der Waals surface area contributed by atoms with Gasteiger partial charge in [0.25, 0.3) is 0 Å². The van der Waals surface area contributed by atoms with E-state index in [0.717, 1.165) is 0 Å². The SMILES string of the molecule is CC(C)=O.[GeH4]. The van der Waals surface area contributed by atoms with Crippen molar-refractivity contribution >= 4 is 23.4 Å². The summed E-state index contributed by atoms with van der Waals surface area (Å²) in [7, 11) is 0. The molecule has 0 aromatic rings. The van der Waals surface area contributed by atoms with Gasteiger partial charge < -0.3 is 4.79 Å². The van der Waals surface area contributed by atoms with E-state index in [1.807, 2.05) is 0 Å². The molecular formula is C3H10GeO. The summed E-state index contributed by atoms with van der Waals surface area (Å²) in [6.07, 6.45) is 0. The average molecular weight is 135 g/mol. The molecule has 0 amide bonds. The third-order valence-electron chi connectivity index (χ3n) is 0. The third kappa shape index (κ3) is 455. The molecule has 0 aliphatic rings. The van der Waals surface area contributed by atoms with E-state index in [1.54, 1.807) is 0 Å². The van der Waals surface area contributed by atoms with Crippen LogP contribution in [0.2, 0.25) is 0 Å². The molecule has 0 unspecified atom stereocenters. The molecule has 0 aromatic carbocycles. The number of ketones is 1. The van der Waals surface area contributed by atoms with Crippen molar-refractivity contribution in [3.05, 3.63) is 0 Å². The van der Waals surface area contributed by atoms with Gasteiger partial charge in [-0.3, -0.25) is 0 Å². The normalized spacial score (nSPS) is 5.20. The van der Waals surface area contributed by atoms with Crippen LogP contribution in [0, 0.1) is 0 Å². The fourth-order valence-corrected chi connectivity index (χ4v) is 0. The first-order chi connectivity index (χ1) is 1.73. The van der Waals surface area contributed by atoms with Crippen LogP contribution < -0.4 is 0 Å². The Balaban J connectivity index is 0. The van der Waals surface area contributed by atoms with E-state index in [-0.39, 0.29) is 23.4 Å². The maximum absolute atomic E-state index is 9.44. The number of Topliss-reactive ketones (excluding diaryl/α,β-unsaturated/α-hetero) is 1. The van der Waals surface area contributed by atoms with Gasteiger partial charge in [0, 0.05) is 0 Å². The van der Waals surface area contributed by atoms with Gasteiger partial charge in [-0.25, -0.2) is 0 Å². The second kappa shape index (κ2) is 4.21. The summed E-state index contributed by atoms with van der Waals surface area (Å²) in [5, 5.41) is 0. The van der Waals surface area contributed by atoms with Crippen molar-refractivity contribution in [2.24, 2.45) is 0 Å². The van der Waals surface area contributed by atoms with Gasteiger partial charge in [-0.2, -0.15) is 0 Å². The van der Waals surface area contributed by atoms with Crippen molar-refractivity contribution in [2.75, 3.05) is 0 Å². The minimum atomic E-state index is 0. The average Bonchev–Trinajstić information content (AvgIpc) is 0.811. The molecule has 32 valence electrons. The fraction of sp³-hybridized carbons (Fsp3) is 0.667. The molecular weight excluding hydrogens is 125 g/mol. The second-order valence-corrected chi connectivity index (χ2v) is 0.908. The number of carbonyl (C=O) groups is 1. The molecule has 0 atom stereocenters. The maximum atomic E-state index is 9.44. The van der Waals surface area contributed by atoms with Gasteiger partial charge in [-0.1, -0.05) is 0 Å². The van der Waals surface area contributed by atoms with E-state index in [9.17, 15) is 4.79 Å². The standard InChI is InChI=1S/C3H6O.GeH4/c1-3(2)4;/h1-2H3;1H4. The van der Waals surface area contributed by atoms with Gasteiger partial charge >= 0.3 is 17.6 Å². The molecule has 0 aliphatic heterocycles. The number of rotatable bonds is 0. The van der Waals surface area contributed by atoms with E-state index < -0.39 is 0 Å². The van der Waals surface area contributed by atoms with Crippen LogP contribution in [-0.2, 0) is 4.79 Å². The van der Waals surface area contributed by atoms with Crippen molar-refractivity contribution < 1.29 is 4.79 Å². The zero-order valence-electron chi connectivity index (χ0n) is 2.91. The molecule has 2 heteroatoms. The van der Waals surface area contributed by atoms with Crippen LogP contribution in [-0.4, -0.2) is 23.4 Å². The third-order valence-corrected chi connectivity index (χ3v) is 0. The Morgan fingerprint density at radius 1 is 1.40 bits per heavy atom. The molecule has 0 saturated heterocycles. The number of carbonyl (C=O) groups excluding carboxylic acids is 1. The molecule has 0 aromatic heterocycles. The van der Waals surface area contributed by atoms with Crippen LogP contribution in [0.25, 0.3) is 0 Å². The summed E-state index contributed by atoms with van der Waals surface area (Å²) in [6.45, 7) is 3.06. The Kier molecular flexibility index (Phi) is 7.55. The zero-order valence-corrected chi connectivity index (χ0v) is 2.91. The molecule has 1 nitrogen and oxygen atoms in total. The molecule has 0 saturated carbocycles. The van der Waals surface area contributed by atoms with Crippen molar-refractivity contribution in [1.82, 2.24) is 0 Å². The van der Waals surface area contributed by atoms with Crippen molar-refractivity contribution in [3.8, 4) is 0 Å². The Morgan fingerprint density at radius 3 is 1.40 bits per heavy atom.